The molecule has 3 aliphatic rings. The predicted octanol–water partition coefficient (Wildman–Crippen LogP) is 4.59. The molecule has 13 nitrogen and oxygen atoms in total. The first-order valence-electron chi connectivity index (χ1n) is 18.3. The molecule has 14 heteroatoms. The van der Waals surface area contributed by atoms with Gasteiger partial charge in [-0.3, -0.25) is 9.59 Å². The van der Waals surface area contributed by atoms with E-state index >= 15 is 0 Å². The number of hydrogen-bond donors (Lipinski definition) is 1. The molecule has 2 aliphatic heterocycles. The van der Waals surface area contributed by atoms with E-state index in [0.29, 0.717) is 42.7 Å². The Balaban J connectivity index is 1.39. The summed E-state index contributed by atoms with van der Waals surface area (Å²) < 4.78 is 45.1. The molecule has 0 atom stereocenters. The van der Waals surface area contributed by atoms with Gasteiger partial charge in [0.25, 0.3) is 11.8 Å². The summed E-state index contributed by atoms with van der Waals surface area (Å²) in [7, 11) is 5.24. The van der Waals surface area contributed by atoms with Crippen LogP contribution in [0.2, 0.25) is 0 Å². The summed E-state index contributed by atoms with van der Waals surface area (Å²) >= 11 is 0. The number of amides is 2. The highest BCUT2D eigenvalue weighted by Gasteiger charge is 2.33. The van der Waals surface area contributed by atoms with Gasteiger partial charge in [-0.25, -0.2) is 9.71 Å². The number of aromatic nitrogens is 3. The SMILES string of the molecule is COc1ccc2c(c1)C=C(c1c(C(=O)N(C)CCN(C)C)ncn1C)Cn1c-2c(C2CCCCC2)c2ccc(C(=O)NS(=O)(=O)N3CCOCC3)cc21. The van der Waals surface area contributed by atoms with Gasteiger partial charge in [0.2, 0.25) is 0 Å². The van der Waals surface area contributed by atoms with Crippen molar-refractivity contribution in [3.63, 3.8) is 0 Å². The minimum Gasteiger partial charge on any atom is -0.497 e. The molecule has 2 amide bonds. The van der Waals surface area contributed by atoms with E-state index in [-0.39, 0.29) is 37.8 Å². The second-order valence-corrected chi connectivity index (χ2v) is 16.2. The highest BCUT2D eigenvalue weighted by molar-refractivity contribution is 7.87. The molecule has 0 radical (unpaired) electrons. The van der Waals surface area contributed by atoms with Crippen LogP contribution >= 0.6 is 0 Å². The van der Waals surface area contributed by atoms with E-state index in [0.717, 1.165) is 59.0 Å². The lowest BCUT2D eigenvalue weighted by Gasteiger charge is -2.25. The maximum absolute atomic E-state index is 14.0. The van der Waals surface area contributed by atoms with Crippen molar-refractivity contribution in [1.29, 1.82) is 0 Å². The summed E-state index contributed by atoms with van der Waals surface area (Å²) in [5.41, 5.74) is 7.29. The molecule has 1 saturated heterocycles. The number of aryl methyl sites for hydroxylation is 1. The molecule has 1 N–H and O–H groups in total. The number of hydrogen-bond acceptors (Lipinski definition) is 8. The van der Waals surface area contributed by atoms with Crippen molar-refractivity contribution in [3.05, 3.63) is 70.8 Å². The molecule has 4 aromatic rings. The Morgan fingerprint density at radius 3 is 2.47 bits per heavy atom. The van der Waals surface area contributed by atoms with Gasteiger partial charge in [0, 0.05) is 62.3 Å². The lowest BCUT2D eigenvalue weighted by atomic mass is 9.81. The van der Waals surface area contributed by atoms with Crippen molar-refractivity contribution in [1.82, 2.24) is 32.9 Å². The maximum Gasteiger partial charge on any atom is 0.304 e. The summed E-state index contributed by atoms with van der Waals surface area (Å²) in [5, 5.41) is 1.03. The molecule has 53 heavy (non-hydrogen) atoms. The summed E-state index contributed by atoms with van der Waals surface area (Å²) in [4.78, 5) is 36.0. The van der Waals surface area contributed by atoms with Crippen molar-refractivity contribution in [2.75, 3.05) is 67.6 Å². The minimum absolute atomic E-state index is 0.167. The first-order valence-corrected chi connectivity index (χ1v) is 19.8. The number of likely N-dealkylation sites (N-methyl/N-ethyl adjacent to an activating group) is 2. The molecular weight excluding hydrogens is 695 g/mol. The number of carbonyl (C=O) groups is 2. The fraction of sp³-hybridized carbons (Fsp3) is 0.462. The van der Waals surface area contributed by atoms with Crippen LogP contribution in [0.25, 0.3) is 33.8 Å². The molecule has 2 aromatic heterocycles. The van der Waals surface area contributed by atoms with Crippen LogP contribution in [-0.2, 0) is 28.5 Å². The van der Waals surface area contributed by atoms with E-state index < -0.39 is 16.1 Å². The number of benzene rings is 2. The number of allylic oxidation sites excluding steroid dienone is 1. The van der Waals surface area contributed by atoms with Gasteiger partial charge >= 0.3 is 10.2 Å². The van der Waals surface area contributed by atoms with Gasteiger partial charge in [0.1, 0.15) is 5.75 Å². The monoisotopic (exact) mass is 743 g/mol. The van der Waals surface area contributed by atoms with Gasteiger partial charge in [0.15, 0.2) is 5.69 Å². The van der Waals surface area contributed by atoms with Gasteiger partial charge in [0.05, 0.1) is 44.6 Å². The van der Waals surface area contributed by atoms with Gasteiger partial charge in [-0.15, -0.1) is 0 Å². The lowest BCUT2D eigenvalue weighted by Crippen LogP contribution is -2.48. The Morgan fingerprint density at radius 2 is 1.75 bits per heavy atom. The topological polar surface area (TPSA) is 131 Å². The number of rotatable bonds is 10. The summed E-state index contributed by atoms with van der Waals surface area (Å²) in [6.07, 6.45) is 9.39. The molecule has 2 aromatic carbocycles. The Morgan fingerprint density at radius 1 is 1.00 bits per heavy atom. The van der Waals surface area contributed by atoms with E-state index in [1.54, 1.807) is 31.5 Å². The minimum atomic E-state index is -4.06. The number of fused-ring (bicyclic) bond motifs is 5. The van der Waals surface area contributed by atoms with Crippen LogP contribution in [-0.4, -0.2) is 116 Å². The average Bonchev–Trinajstić information content (AvgIpc) is 3.65. The van der Waals surface area contributed by atoms with Crippen molar-refractivity contribution in [2.45, 2.75) is 44.6 Å². The normalized spacial score (nSPS) is 16.9. The fourth-order valence-electron chi connectivity index (χ4n) is 7.95. The van der Waals surface area contributed by atoms with Crippen molar-refractivity contribution in [2.24, 2.45) is 7.05 Å². The van der Waals surface area contributed by atoms with E-state index in [1.165, 1.54) is 16.3 Å². The van der Waals surface area contributed by atoms with Crippen LogP contribution < -0.4 is 9.46 Å². The molecule has 4 heterocycles. The zero-order valence-corrected chi connectivity index (χ0v) is 32.0. The predicted molar refractivity (Wildman–Crippen MR) is 205 cm³/mol. The van der Waals surface area contributed by atoms with Crippen LogP contribution in [0.4, 0.5) is 0 Å². The lowest BCUT2D eigenvalue weighted by molar-refractivity contribution is 0.0719. The summed E-state index contributed by atoms with van der Waals surface area (Å²) in [5.74, 6) is 0.162. The number of morpholine rings is 1. The highest BCUT2D eigenvalue weighted by atomic mass is 32.2. The number of methoxy groups -OCH3 is 1. The second kappa shape index (κ2) is 15.1. The van der Waals surface area contributed by atoms with Gasteiger partial charge in [-0.05, 0) is 86.0 Å². The van der Waals surface area contributed by atoms with E-state index in [4.69, 9.17) is 9.47 Å². The van der Waals surface area contributed by atoms with E-state index in [1.807, 2.05) is 54.9 Å². The Hall–Kier alpha value is -4.50. The molecule has 1 aliphatic carbocycles. The van der Waals surface area contributed by atoms with Crippen LogP contribution in [0.1, 0.15) is 75.7 Å². The molecule has 2 fully saturated rings. The van der Waals surface area contributed by atoms with Crippen molar-refractivity contribution >= 4 is 44.6 Å². The third-order valence-corrected chi connectivity index (χ3v) is 12.2. The van der Waals surface area contributed by atoms with Crippen molar-refractivity contribution in [3.8, 4) is 17.0 Å². The summed E-state index contributed by atoms with van der Waals surface area (Å²) in [6.45, 7) is 2.57. The number of imidazole rings is 1. The average molecular weight is 744 g/mol. The molecule has 0 bridgehead atoms. The number of nitrogens with zero attached hydrogens (tertiary/aromatic N) is 6. The Bertz CT molecular complexity index is 2170. The van der Waals surface area contributed by atoms with Gasteiger partial charge in [-0.1, -0.05) is 25.3 Å². The third-order valence-electron chi connectivity index (χ3n) is 10.8. The molecular formula is C39H49N7O6S. The third kappa shape index (κ3) is 7.25. The summed E-state index contributed by atoms with van der Waals surface area (Å²) in [6, 6.07) is 11.6. The zero-order valence-electron chi connectivity index (χ0n) is 31.2. The van der Waals surface area contributed by atoms with Crippen LogP contribution in [0.15, 0.2) is 42.7 Å². The van der Waals surface area contributed by atoms with E-state index in [2.05, 4.69) is 26.4 Å². The molecule has 0 spiro atoms. The van der Waals surface area contributed by atoms with Gasteiger partial charge in [-0.2, -0.15) is 12.7 Å². The van der Waals surface area contributed by atoms with Crippen LogP contribution in [0.5, 0.6) is 5.75 Å². The van der Waals surface area contributed by atoms with Crippen LogP contribution in [0, 0.1) is 0 Å². The van der Waals surface area contributed by atoms with E-state index in [9.17, 15) is 18.0 Å². The quantitative estimate of drug-likeness (QED) is 0.250. The number of nitrogens with one attached hydrogen (secondary N) is 1. The fourth-order valence-corrected chi connectivity index (χ4v) is 9.06. The van der Waals surface area contributed by atoms with Crippen LogP contribution in [0.3, 0.4) is 0 Å². The first kappa shape index (κ1) is 36.8. The smallest absolute Gasteiger partial charge is 0.304 e. The first-order chi connectivity index (χ1) is 25.5. The highest BCUT2D eigenvalue weighted by Crippen LogP contribution is 2.48. The number of carbonyl (C=O) groups excluding carboxylic acids is 2. The molecule has 282 valence electrons. The Kier molecular flexibility index (Phi) is 10.5. The maximum atomic E-state index is 14.0. The zero-order chi connectivity index (χ0) is 37.4. The standard InChI is InChI=1S/C39H49N7O6S/c1-42(2)15-16-43(3)39(48)35-36(44(4)25-40-35)29-21-28-22-30(51-5)12-14-31(28)37-34(26-9-7-6-8-10-26)32-13-11-27(23-33(32)46(37)24-29)38(47)41-53(49,50)45-17-19-52-20-18-45/h11-14,21-23,25-26H,6-10,15-20,24H2,1-5H3,(H,41,47). The second-order valence-electron chi connectivity index (χ2n) is 14.6. The number of ether oxygens (including phenoxy) is 2. The molecule has 1 saturated carbocycles. The molecule has 0 unspecified atom stereocenters. The largest absolute Gasteiger partial charge is 0.497 e. The van der Waals surface area contributed by atoms with Crippen molar-refractivity contribution < 1.29 is 27.5 Å². The molecule has 7 rings (SSSR count). The van der Waals surface area contributed by atoms with Gasteiger partial charge < -0.3 is 28.4 Å². The Labute approximate surface area is 311 Å².